The number of fused-ring (bicyclic) bond motifs is 2. The average Bonchev–Trinajstić information content (AvgIpc) is 2.84. The van der Waals surface area contributed by atoms with Gasteiger partial charge in [0.1, 0.15) is 17.1 Å². The SMILES string of the molecule is Cc1cc(C)c(C(=O)Oc2ccc3c(=O)c(Oc4ccc5ccccc5c4)c(C(F)(F)F)oc3c2)c(C)c1. The summed E-state index contributed by atoms with van der Waals surface area (Å²) >= 11 is 0. The van der Waals surface area contributed by atoms with Crippen molar-refractivity contribution in [3.05, 3.63) is 111 Å². The monoisotopic (exact) mass is 518 g/mol. The molecule has 0 spiro atoms. The van der Waals surface area contributed by atoms with Crippen molar-refractivity contribution in [2.45, 2.75) is 26.9 Å². The molecule has 38 heavy (non-hydrogen) atoms. The number of carbonyl (C=O) groups is 1. The number of hydrogen-bond donors (Lipinski definition) is 0. The van der Waals surface area contributed by atoms with Crippen molar-refractivity contribution in [2.24, 2.45) is 0 Å². The first-order valence-corrected chi connectivity index (χ1v) is 11.7. The van der Waals surface area contributed by atoms with Gasteiger partial charge in [0.05, 0.1) is 10.9 Å². The van der Waals surface area contributed by atoms with Crippen molar-refractivity contribution < 1.29 is 31.9 Å². The summed E-state index contributed by atoms with van der Waals surface area (Å²) < 4.78 is 57.9. The van der Waals surface area contributed by atoms with Gasteiger partial charge < -0.3 is 13.9 Å². The van der Waals surface area contributed by atoms with Crippen LogP contribution in [0, 0.1) is 20.8 Å². The summed E-state index contributed by atoms with van der Waals surface area (Å²) in [6, 6.07) is 19.2. The Morgan fingerprint density at radius 3 is 2.16 bits per heavy atom. The van der Waals surface area contributed by atoms with Gasteiger partial charge in [0.15, 0.2) is 0 Å². The highest BCUT2D eigenvalue weighted by Gasteiger charge is 2.40. The van der Waals surface area contributed by atoms with E-state index in [4.69, 9.17) is 13.9 Å². The molecular formula is C30H21F3O5. The van der Waals surface area contributed by atoms with E-state index in [2.05, 4.69) is 0 Å². The maximum Gasteiger partial charge on any atom is 0.453 e. The van der Waals surface area contributed by atoms with Crippen LogP contribution in [0.5, 0.6) is 17.2 Å². The fraction of sp³-hybridized carbons (Fsp3) is 0.133. The predicted octanol–water partition coefficient (Wildman–Crippen LogP) is 7.90. The zero-order valence-electron chi connectivity index (χ0n) is 20.6. The first kappa shape index (κ1) is 25.1. The molecule has 5 nitrogen and oxygen atoms in total. The van der Waals surface area contributed by atoms with Crippen molar-refractivity contribution in [2.75, 3.05) is 0 Å². The van der Waals surface area contributed by atoms with Gasteiger partial charge in [0.2, 0.25) is 11.2 Å². The second-order valence-electron chi connectivity index (χ2n) is 9.02. The molecule has 1 heterocycles. The van der Waals surface area contributed by atoms with Crippen LogP contribution in [0.1, 0.15) is 32.8 Å². The Morgan fingerprint density at radius 1 is 0.816 bits per heavy atom. The van der Waals surface area contributed by atoms with Crippen LogP contribution in [0.3, 0.4) is 0 Å². The van der Waals surface area contributed by atoms with Gasteiger partial charge in [-0.05, 0) is 66.9 Å². The lowest BCUT2D eigenvalue weighted by atomic mass is 10.00. The molecule has 0 fully saturated rings. The van der Waals surface area contributed by atoms with Crippen LogP contribution >= 0.6 is 0 Å². The summed E-state index contributed by atoms with van der Waals surface area (Å²) in [4.78, 5) is 26.0. The second kappa shape index (κ2) is 9.37. The molecule has 0 atom stereocenters. The maximum atomic E-state index is 14.0. The molecule has 192 valence electrons. The Morgan fingerprint density at radius 2 is 1.47 bits per heavy atom. The van der Waals surface area contributed by atoms with Crippen molar-refractivity contribution in [3.63, 3.8) is 0 Å². The minimum Gasteiger partial charge on any atom is -0.449 e. The summed E-state index contributed by atoms with van der Waals surface area (Å²) in [7, 11) is 0. The molecule has 0 bridgehead atoms. The lowest BCUT2D eigenvalue weighted by Crippen LogP contribution is -2.16. The van der Waals surface area contributed by atoms with Crippen molar-refractivity contribution in [1.82, 2.24) is 0 Å². The molecule has 5 aromatic rings. The Bertz CT molecular complexity index is 1760. The summed E-state index contributed by atoms with van der Waals surface area (Å²) in [5.41, 5.74) is 1.34. The van der Waals surface area contributed by atoms with E-state index >= 15 is 0 Å². The molecule has 5 rings (SSSR count). The van der Waals surface area contributed by atoms with Gasteiger partial charge in [-0.1, -0.05) is 48.0 Å². The highest BCUT2D eigenvalue weighted by atomic mass is 19.4. The molecule has 8 heteroatoms. The van der Waals surface area contributed by atoms with Gasteiger partial charge in [0.25, 0.3) is 5.76 Å². The van der Waals surface area contributed by atoms with Crippen LogP contribution in [-0.2, 0) is 6.18 Å². The average molecular weight is 518 g/mol. The highest BCUT2D eigenvalue weighted by Crippen LogP contribution is 2.39. The van der Waals surface area contributed by atoms with Crippen LogP contribution in [0.15, 0.2) is 82.0 Å². The summed E-state index contributed by atoms with van der Waals surface area (Å²) in [5, 5.41) is 1.44. The van der Waals surface area contributed by atoms with Gasteiger partial charge in [-0.3, -0.25) is 4.79 Å². The van der Waals surface area contributed by atoms with Gasteiger partial charge in [-0.15, -0.1) is 0 Å². The van der Waals surface area contributed by atoms with Crippen LogP contribution in [-0.4, -0.2) is 5.97 Å². The first-order valence-electron chi connectivity index (χ1n) is 11.7. The van der Waals surface area contributed by atoms with Crippen LogP contribution in [0.2, 0.25) is 0 Å². The van der Waals surface area contributed by atoms with E-state index in [1.165, 1.54) is 24.3 Å². The van der Waals surface area contributed by atoms with E-state index in [9.17, 15) is 22.8 Å². The number of halogens is 3. The van der Waals surface area contributed by atoms with Crippen molar-refractivity contribution in [3.8, 4) is 17.2 Å². The van der Waals surface area contributed by atoms with Gasteiger partial charge in [0, 0.05) is 6.07 Å². The van der Waals surface area contributed by atoms with Crippen molar-refractivity contribution >= 4 is 27.7 Å². The minimum absolute atomic E-state index is 0.0511. The summed E-state index contributed by atoms with van der Waals surface area (Å²) in [6.07, 6.45) is -5.03. The molecule has 0 radical (unpaired) electrons. The smallest absolute Gasteiger partial charge is 0.449 e. The standard InChI is InChI=1S/C30H21F3O5/c1-16-12-17(2)25(18(3)13-16)29(35)37-22-10-11-23-24(15-22)38-28(30(31,32)33)27(26(23)34)36-21-9-8-19-6-4-5-7-20(19)14-21/h4-15H,1-3H3. The molecule has 0 amide bonds. The summed E-state index contributed by atoms with van der Waals surface area (Å²) in [6.45, 7) is 5.43. The van der Waals surface area contributed by atoms with Crippen LogP contribution in [0.25, 0.3) is 21.7 Å². The van der Waals surface area contributed by atoms with Crippen LogP contribution < -0.4 is 14.9 Å². The molecule has 0 N–H and O–H groups in total. The number of ether oxygens (including phenoxy) is 2. The van der Waals surface area contributed by atoms with E-state index in [1.807, 2.05) is 31.2 Å². The topological polar surface area (TPSA) is 65.7 Å². The molecule has 0 saturated carbocycles. The first-order chi connectivity index (χ1) is 18.0. The van der Waals surface area contributed by atoms with Crippen molar-refractivity contribution in [1.29, 1.82) is 0 Å². The van der Waals surface area contributed by atoms with Gasteiger partial charge >= 0.3 is 12.1 Å². The number of rotatable bonds is 4. The number of benzene rings is 4. The molecule has 1 aromatic heterocycles. The van der Waals surface area contributed by atoms with E-state index in [-0.39, 0.29) is 16.9 Å². The van der Waals surface area contributed by atoms with E-state index in [0.717, 1.165) is 22.4 Å². The third-order valence-corrected chi connectivity index (χ3v) is 6.11. The zero-order chi connectivity index (χ0) is 27.2. The second-order valence-corrected chi connectivity index (χ2v) is 9.02. The molecule has 0 aliphatic heterocycles. The van der Waals surface area contributed by atoms with E-state index < -0.39 is 34.7 Å². The normalized spacial score (nSPS) is 11.6. The van der Waals surface area contributed by atoms with Gasteiger partial charge in [-0.2, -0.15) is 13.2 Å². The summed E-state index contributed by atoms with van der Waals surface area (Å²) in [5.74, 6) is -3.25. The highest BCUT2D eigenvalue weighted by molar-refractivity contribution is 5.94. The maximum absolute atomic E-state index is 14.0. The lowest BCUT2D eigenvalue weighted by molar-refractivity contribution is -0.154. The quantitative estimate of drug-likeness (QED) is 0.179. The molecule has 4 aromatic carbocycles. The largest absolute Gasteiger partial charge is 0.453 e. The zero-order valence-corrected chi connectivity index (χ0v) is 20.6. The van der Waals surface area contributed by atoms with E-state index in [1.54, 1.807) is 32.0 Å². The molecule has 0 aliphatic rings. The predicted molar refractivity (Wildman–Crippen MR) is 137 cm³/mol. The Kier molecular flexibility index (Phi) is 6.18. The Labute approximate surface area is 215 Å². The molecule has 0 saturated heterocycles. The lowest BCUT2D eigenvalue weighted by Gasteiger charge is -2.14. The molecular weight excluding hydrogens is 497 g/mol. The number of esters is 1. The number of hydrogen-bond acceptors (Lipinski definition) is 5. The number of aryl methyl sites for hydroxylation is 3. The fourth-order valence-electron chi connectivity index (χ4n) is 4.51. The van der Waals surface area contributed by atoms with E-state index in [0.29, 0.717) is 16.7 Å². The molecule has 0 aliphatic carbocycles. The molecule has 0 unspecified atom stereocenters. The number of alkyl halides is 3. The number of carbonyl (C=O) groups excluding carboxylic acids is 1. The minimum atomic E-state index is -5.03. The Balaban J connectivity index is 1.55. The van der Waals surface area contributed by atoms with Crippen LogP contribution in [0.4, 0.5) is 13.2 Å². The third-order valence-electron chi connectivity index (χ3n) is 6.11. The van der Waals surface area contributed by atoms with Gasteiger partial charge in [-0.25, -0.2) is 4.79 Å². The fourth-order valence-corrected chi connectivity index (χ4v) is 4.51. The Hall–Kier alpha value is -4.59. The third kappa shape index (κ3) is 4.72.